The van der Waals surface area contributed by atoms with Crippen molar-refractivity contribution < 1.29 is 0 Å². The fourth-order valence-electron chi connectivity index (χ4n) is 2.10. The van der Waals surface area contributed by atoms with Crippen molar-refractivity contribution in [3.63, 3.8) is 0 Å². The molecule has 1 aliphatic rings. The minimum absolute atomic E-state index is 0.221. The van der Waals surface area contributed by atoms with Crippen LogP contribution in [0, 0.1) is 5.41 Å². The Morgan fingerprint density at radius 2 is 2.00 bits per heavy atom. The van der Waals surface area contributed by atoms with Crippen LogP contribution < -0.4 is 11.1 Å². The molecule has 0 spiro atoms. The number of hydrogen-bond acceptors (Lipinski definition) is 2. The maximum atomic E-state index is 6.11. The third-order valence-corrected chi connectivity index (χ3v) is 3.48. The van der Waals surface area contributed by atoms with E-state index in [0.29, 0.717) is 11.5 Å². The van der Waals surface area contributed by atoms with Crippen LogP contribution in [0.15, 0.2) is 30.3 Å². The lowest BCUT2D eigenvalue weighted by atomic mass is 10.1. The highest BCUT2D eigenvalue weighted by Crippen LogP contribution is 2.44. The first-order chi connectivity index (χ1) is 7.58. The third-order valence-electron chi connectivity index (χ3n) is 3.48. The Morgan fingerprint density at radius 1 is 1.38 bits per heavy atom. The molecule has 1 aliphatic carbocycles. The molecule has 88 valence electrons. The molecule has 3 N–H and O–H groups in total. The summed E-state index contributed by atoms with van der Waals surface area (Å²) in [6.07, 6.45) is 2.24. The van der Waals surface area contributed by atoms with Gasteiger partial charge in [-0.15, -0.1) is 0 Å². The highest BCUT2D eigenvalue weighted by Gasteiger charge is 2.45. The zero-order valence-corrected chi connectivity index (χ0v) is 10.2. The average Bonchev–Trinajstić information content (AvgIpc) is 2.85. The fraction of sp³-hybridized carbons (Fsp3) is 0.571. The van der Waals surface area contributed by atoms with E-state index in [1.165, 1.54) is 12.0 Å². The topological polar surface area (TPSA) is 38.0 Å². The van der Waals surface area contributed by atoms with E-state index in [1.54, 1.807) is 0 Å². The Bertz CT molecular complexity index is 332. The van der Waals surface area contributed by atoms with Crippen molar-refractivity contribution in [1.29, 1.82) is 0 Å². The molecule has 0 bridgehead atoms. The van der Waals surface area contributed by atoms with Gasteiger partial charge in [0.25, 0.3) is 0 Å². The van der Waals surface area contributed by atoms with E-state index >= 15 is 0 Å². The van der Waals surface area contributed by atoms with Crippen molar-refractivity contribution in [3.8, 4) is 0 Å². The first-order valence-corrected chi connectivity index (χ1v) is 6.11. The predicted molar refractivity (Wildman–Crippen MR) is 68.3 cm³/mol. The summed E-state index contributed by atoms with van der Waals surface area (Å²) in [5.74, 6) is 0. The molecule has 0 radical (unpaired) electrons. The summed E-state index contributed by atoms with van der Waals surface area (Å²) in [7, 11) is 0. The van der Waals surface area contributed by atoms with E-state index in [1.807, 2.05) is 6.07 Å². The molecular formula is C14H22N2. The number of rotatable bonds is 5. The van der Waals surface area contributed by atoms with Crippen LogP contribution in [0.1, 0.15) is 25.8 Å². The lowest BCUT2D eigenvalue weighted by Crippen LogP contribution is -2.37. The summed E-state index contributed by atoms with van der Waals surface area (Å²) in [5.41, 5.74) is 7.93. The minimum atomic E-state index is 0.221. The quantitative estimate of drug-likeness (QED) is 0.792. The molecule has 0 aliphatic heterocycles. The largest absolute Gasteiger partial charge is 0.326 e. The van der Waals surface area contributed by atoms with Crippen LogP contribution in [0.2, 0.25) is 0 Å². The summed E-state index contributed by atoms with van der Waals surface area (Å²) in [4.78, 5) is 0. The zero-order valence-electron chi connectivity index (χ0n) is 10.2. The van der Waals surface area contributed by atoms with Gasteiger partial charge in [-0.2, -0.15) is 0 Å². The van der Waals surface area contributed by atoms with Gasteiger partial charge in [0.15, 0.2) is 0 Å². The standard InChI is InChI=1S/C14H22N2/c1-14(2)9-13(14)16-10-12(15)8-11-6-4-3-5-7-11/h3-7,12-13,16H,8-10,15H2,1-2H3. The second kappa shape index (κ2) is 4.56. The van der Waals surface area contributed by atoms with Crippen LogP contribution in [0.4, 0.5) is 0 Å². The number of hydrogen-bond donors (Lipinski definition) is 2. The molecule has 0 amide bonds. The van der Waals surface area contributed by atoms with E-state index in [-0.39, 0.29) is 6.04 Å². The summed E-state index contributed by atoms with van der Waals surface area (Å²) >= 11 is 0. The van der Waals surface area contributed by atoms with Gasteiger partial charge in [0.1, 0.15) is 0 Å². The molecule has 0 heterocycles. The van der Waals surface area contributed by atoms with Crippen LogP contribution in [-0.4, -0.2) is 18.6 Å². The molecule has 2 rings (SSSR count). The fourth-order valence-corrected chi connectivity index (χ4v) is 2.10. The summed E-state index contributed by atoms with van der Waals surface area (Å²) in [5, 5.41) is 3.54. The molecule has 16 heavy (non-hydrogen) atoms. The van der Waals surface area contributed by atoms with Crippen LogP contribution in [0.3, 0.4) is 0 Å². The van der Waals surface area contributed by atoms with E-state index in [9.17, 15) is 0 Å². The lowest BCUT2D eigenvalue weighted by molar-refractivity contribution is 0.507. The molecule has 1 fully saturated rings. The first-order valence-electron chi connectivity index (χ1n) is 6.11. The molecule has 2 atom stereocenters. The zero-order chi connectivity index (χ0) is 11.6. The van der Waals surface area contributed by atoms with Crippen LogP contribution in [0.5, 0.6) is 0 Å². The van der Waals surface area contributed by atoms with Crippen LogP contribution in [-0.2, 0) is 6.42 Å². The Kier molecular flexibility index (Phi) is 3.31. The summed E-state index contributed by atoms with van der Waals surface area (Å²) < 4.78 is 0. The second-order valence-corrected chi connectivity index (χ2v) is 5.60. The van der Waals surface area contributed by atoms with Crippen molar-refractivity contribution >= 4 is 0 Å². The van der Waals surface area contributed by atoms with Crippen LogP contribution >= 0.6 is 0 Å². The molecule has 0 saturated heterocycles. The molecule has 1 aromatic rings. The Hall–Kier alpha value is -0.860. The van der Waals surface area contributed by atoms with Gasteiger partial charge in [-0.25, -0.2) is 0 Å². The second-order valence-electron chi connectivity index (χ2n) is 5.60. The first kappa shape index (κ1) is 11.6. The van der Waals surface area contributed by atoms with E-state index in [4.69, 9.17) is 5.73 Å². The van der Waals surface area contributed by atoms with Gasteiger partial charge in [0, 0.05) is 18.6 Å². The number of benzene rings is 1. The van der Waals surface area contributed by atoms with Gasteiger partial charge in [-0.05, 0) is 23.8 Å². The molecule has 1 aromatic carbocycles. The molecule has 1 saturated carbocycles. The third kappa shape index (κ3) is 3.06. The van der Waals surface area contributed by atoms with Gasteiger partial charge in [0.2, 0.25) is 0 Å². The predicted octanol–water partition coefficient (Wildman–Crippen LogP) is 1.94. The number of nitrogens with one attached hydrogen (secondary N) is 1. The maximum absolute atomic E-state index is 6.11. The molecule has 2 unspecified atom stereocenters. The molecular weight excluding hydrogens is 196 g/mol. The van der Waals surface area contributed by atoms with Gasteiger partial charge in [-0.1, -0.05) is 44.2 Å². The highest BCUT2D eigenvalue weighted by atomic mass is 15.0. The summed E-state index contributed by atoms with van der Waals surface area (Å²) in [6.45, 7) is 5.52. The van der Waals surface area contributed by atoms with Gasteiger partial charge < -0.3 is 11.1 Å². The van der Waals surface area contributed by atoms with Crippen molar-refractivity contribution in [2.75, 3.05) is 6.54 Å². The van der Waals surface area contributed by atoms with Gasteiger partial charge >= 0.3 is 0 Å². The lowest BCUT2D eigenvalue weighted by Gasteiger charge is -2.13. The van der Waals surface area contributed by atoms with Gasteiger partial charge in [0.05, 0.1) is 0 Å². The Balaban J connectivity index is 1.71. The number of nitrogens with two attached hydrogens (primary N) is 1. The molecule has 0 aromatic heterocycles. The Morgan fingerprint density at radius 3 is 2.56 bits per heavy atom. The van der Waals surface area contributed by atoms with E-state index in [0.717, 1.165) is 13.0 Å². The monoisotopic (exact) mass is 218 g/mol. The van der Waals surface area contributed by atoms with E-state index < -0.39 is 0 Å². The van der Waals surface area contributed by atoms with Crippen LogP contribution in [0.25, 0.3) is 0 Å². The molecule has 2 heteroatoms. The normalized spacial score (nSPS) is 24.1. The minimum Gasteiger partial charge on any atom is -0.326 e. The highest BCUT2D eigenvalue weighted by molar-refractivity contribution is 5.16. The van der Waals surface area contributed by atoms with Crippen molar-refractivity contribution in [2.24, 2.45) is 11.1 Å². The van der Waals surface area contributed by atoms with Gasteiger partial charge in [-0.3, -0.25) is 0 Å². The Labute approximate surface area is 98.2 Å². The van der Waals surface area contributed by atoms with Crippen molar-refractivity contribution in [3.05, 3.63) is 35.9 Å². The maximum Gasteiger partial charge on any atom is 0.0206 e. The molecule has 2 nitrogen and oxygen atoms in total. The van der Waals surface area contributed by atoms with Crippen molar-refractivity contribution in [2.45, 2.75) is 38.8 Å². The van der Waals surface area contributed by atoms with Crippen molar-refractivity contribution in [1.82, 2.24) is 5.32 Å². The SMILES string of the molecule is CC1(C)CC1NCC(N)Cc1ccccc1. The van der Waals surface area contributed by atoms with E-state index in [2.05, 4.69) is 43.4 Å². The average molecular weight is 218 g/mol. The summed E-state index contributed by atoms with van der Waals surface area (Å²) in [6, 6.07) is 11.4. The smallest absolute Gasteiger partial charge is 0.0206 e.